The number of esters is 2. The van der Waals surface area contributed by atoms with Crippen LogP contribution in [0.1, 0.15) is 59.8 Å². The average Bonchev–Trinajstić information content (AvgIpc) is 2.16. The molecule has 16 heavy (non-hydrogen) atoms. The fourth-order valence-corrected chi connectivity index (χ4v) is 1.61. The molecular weight excluding hydrogens is 208 g/mol. The van der Waals surface area contributed by atoms with E-state index >= 15 is 0 Å². The van der Waals surface area contributed by atoms with Crippen LogP contribution in [0.15, 0.2) is 0 Å². The quantitative estimate of drug-likeness (QED) is 0.383. The highest BCUT2D eigenvalue weighted by Crippen LogP contribution is 2.26. The maximum absolute atomic E-state index is 11.0. The van der Waals surface area contributed by atoms with E-state index in [1.165, 1.54) is 13.8 Å². The van der Waals surface area contributed by atoms with Gasteiger partial charge in [-0.15, -0.1) is 0 Å². The molecule has 0 aromatic carbocycles. The molecule has 0 rings (SSSR count). The number of rotatable bonds is 7. The first-order chi connectivity index (χ1) is 7.45. The van der Waals surface area contributed by atoms with Crippen molar-refractivity contribution in [2.75, 3.05) is 0 Å². The highest BCUT2D eigenvalue weighted by atomic mass is 16.7. The van der Waals surface area contributed by atoms with Crippen molar-refractivity contribution in [3.63, 3.8) is 0 Å². The molecule has 0 atom stereocenters. The SMILES string of the molecule is CCCCCC(CC)(OC(C)=O)OC(C)=O. The van der Waals surface area contributed by atoms with Crippen LogP contribution in [0.2, 0.25) is 0 Å². The van der Waals surface area contributed by atoms with Crippen molar-refractivity contribution in [2.45, 2.75) is 65.6 Å². The van der Waals surface area contributed by atoms with Crippen LogP contribution < -0.4 is 0 Å². The minimum absolute atomic E-state index is 0.417. The van der Waals surface area contributed by atoms with Crippen LogP contribution in [0, 0.1) is 0 Å². The van der Waals surface area contributed by atoms with Crippen LogP contribution in [0.3, 0.4) is 0 Å². The predicted molar refractivity (Wildman–Crippen MR) is 60.7 cm³/mol. The van der Waals surface area contributed by atoms with Gasteiger partial charge in [0, 0.05) is 26.7 Å². The molecule has 4 heteroatoms. The van der Waals surface area contributed by atoms with E-state index in [0.717, 1.165) is 19.3 Å². The van der Waals surface area contributed by atoms with Gasteiger partial charge in [0.15, 0.2) is 0 Å². The fraction of sp³-hybridized carbons (Fsp3) is 0.833. The van der Waals surface area contributed by atoms with Gasteiger partial charge in [-0.1, -0.05) is 26.7 Å². The summed E-state index contributed by atoms with van der Waals surface area (Å²) in [5.41, 5.74) is 0. The van der Waals surface area contributed by atoms with E-state index in [1.54, 1.807) is 0 Å². The Hall–Kier alpha value is -1.06. The van der Waals surface area contributed by atoms with Gasteiger partial charge in [0.2, 0.25) is 0 Å². The van der Waals surface area contributed by atoms with Crippen molar-refractivity contribution in [3.05, 3.63) is 0 Å². The Labute approximate surface area is 97.3 Å². The Morgan fingerprint density at radius 1 is 1.00 bits per heavy atom. The maximum atomic E-state index is 11.0. The second kappa shape index (κ2) is 7.25. The van der Waals surface area contributed by atoms with Crippen LogP contribution in [0.5, 0.6) is 0 Å². The van der Waals surface area contributed by atoms with Gasteiger partial charge in [-0.25, -0.2) is 0 Å². The minimum atomic E-state index is -1.06. The molecule has 0 bridgehead atoms. The number of hydrogen-bond acceptors (Lipinski definition) is 4. The molecule has 0 amide bonds. The van der Waals surface area contributed by atoms with Crippen molar-refractivity contribution in [2.24, 2.45) is 0 Å². The molecule has 0 spiro atoms. The lowest BCUT2D eigenvalue weighted by Crippen LogP contribution is -2.38. The molecule has 0 saturated heterocycles. The first kappa shape index (κ1) is 14.9. The zero-order valence-corrected chi connectivity index (χ0v) is 10.7. The summed E-state index contributed by atoms with van der Waals surface area (Å²) in [5.74, 6) is -1.90. The molecule has 4 nitrogen and oxygen atoms in total. The zero-order chi connectivity index (χ0) is 12.6. The molecule has 0 fully saturated rings. The van der Waals surface area contributed by atoms with E-state index in [0.29, 0.717) is 12.8 Å². The summed E-state index contributed by atoms with van der Waals surface area (Å²) >= 11 is 0. The van der Waals surface area contributed by atoms with Crippen molar-refractivity contribution in [1.82, 2.24) is 0 Å². The van der Waals surface area contributed by atoms with E-state index < -0.39 is 17.7 Å². The van der Waals surface area contributed by atoms with E-state index in [2.05, 4.69) is 6.92 Å². The summed E-state index contributed by atoms with van der Waals surface area (Å²) in [4.78, 5) is 22.0. The summed E-state index contributed by atoms with van der Waals surface area (Å²) in [6.07, 6.45) is 4.03. The molecule has 0 aromatic heterocycles. The lowest BCUT2D eigenvalue weighted by atomic mass is 10.0. The summed E-state index contributed by atoms with van der Waals surface area (Å²) < 4.78 is 10.3. The van der Waals surface area contributed by atoms with Gasteiger partial charge in [-0.05, 0) is 6.42 Å². The zero-order valence-electron chi connectivity index (χ0n) is 10.7. The number of ether oxygens (including phenoxy) is 2. The van der Waals surface area contributed by atoms with Crippen LogP contribution in [0.25, 0.3) is 0 Å². The van der Waals surface area contributed by atoms with E-state index in [4.69, 9.17) is 9.47 Å². The van der Waals surface area contributed by atoms with Gasteiger partial charge >= 0.3 is 11.9 Å². The first-order valence-corrected chi connectivity index (χ1v) is 5.85. The van der Waals surface area contributed by atoms with Gasteiger partial charge in [0.05, 0.1) is 0 Å². The third-order valence-corrected chi connectivity index (χ3v) is 2.36. The van der Waals surface area contributed by atoms with E-state index in [-0.39, 0.29) is 0 Å². The summed E-state index contributed by atoms with van der Waals surface area (Å²) in [6, 6.07) is 0. The number of hydrogen-bond donors (Lipinski definition) is 0. The highest BCUT2D eigenvalue weighted by Gasteiger charge is 2.34. The second-order valence-corrected chi connectivity index (χ2v) is 3.91. The highest BCUT2D eigenvalue weighted by molar-refractivity contribution is 5.68. The van der Waals surface area contributed by atoms with Crippen LogP contribution in [-0.4, -0.2) is 17.7 Å². The van der Waals surface area contributed by atoms with Crippen LogP contribution in [0.4, 0.5) is 0 Å². The lowest BCUT2D eigenvalue weighted by molar-refractivity contribution is -0.230. The van der Waals surface area contributed by atoms with E-state index in [1.807, 2.05) is 6.92 Å². The normalized spacial score (nSPS) is 11.0. The summed E-state index contributed by atoms with van der Waals surface area (Å²) in [6.45, 7) is 6.59. The smallest absolute Gasteiger partial charge is 0.305 e. The van der Waals surface area contributed by atoms with Gasteiger partial charge in [0.1, 0.15) is 0 Å². The molecule has 0 N–H and O–H groups in total. The number of carbonyl (C=O) groups is 2. The molecule has 0 saturated carbocycles. The van der Waals surface area contributed by atoms with E-state index in [9.17, 15) is 9.59 Å². The largest absolute Gasteiger partial charge is 0.423 e. The Kier molecular flexibility index (Phi) is 6.77. The molecule has 0 heterocycles. The van der Waals surface area contributed by atoms with Gasteiger partial charge < -0.3 is 9.47 Å². The topological polar surface area (TPSA) is 52.6 Å². The molecule has 0 aliphatic heterocycles. The monoisotopic (exact) mass is 230 g/mol. The molecule has 0 unspecified atom stereocenters. The standard InChI is InChI=1S/C12H22O4/c1-5-7-8-9-12(6-2,15-10(3)13)16-11(4)14/h5-9H2,1-4H3. The van der Waals surface area contributed by atoms with Crippen molar-refractivity contribution >= 4 is 11.9 Å². The number of unbranched alkanes of at least 4 members (excludes halogenated alkanes) is 2. The molecule has 94 valence electrons. The van der Waals surface area contributed by atoms with Gasteiger partial charge in [-0.2, -0.15) is 0 Å². The Morgan fingerprint density at radius 3 is 1.81 bits per heavy atom. The van der Waals surface area contributed by atoms with Crippen molar-refractivity contribution < 1.29 is 19.1 Å². The predicted octanol–water partition coefficient (Wildman–Crippen LogP) is 2.80. The Morgan fingerprint density at radius 2 is 1.50 bits per heavy atom. The number of carbonyl (C=O) groups excluding carboxylic acids is 2. The molecule has 0 aliphatic carbocycles. The Bertz CT molecular complexity index is 219. The van der Waals surface area contributed by atoms with Crippen LogP contribution in [-0.2, 0) is 19.1 Å². The minimum Gasteiger partial charge on any atom is -0.423 e. The third kappa shape index (κ3) is 5.73. The second-order valence-electron chi connectivity index (χ2n) is 3.91. The molecular formula is C12H22O4. The summed E-state index contributed by atoms with van der Waals surface area (Å²) in [7, 11) is 0. The van der Waals surface area contributed by atoms with Gasteiger partial charge in [-0.3, -0.25) is 9.59 Å². The van der Waals surface area contributed by atoms with Gasteiger partial charge in [0.25, 0.3) is 5.79 Å². The summed E-state index contributed by atoms with van der Waals surface area (Å²) in [5, 5.41) is 0. The molecule has 0 aromatic rings. The van der Waals surface area contributed by atoms with Crippen molar-refractivity contribution in [1.29, 1.82) is 0 Å². The van der Waals surface area contributed by atoms with Crippen LogP contribution >= 0.6 is 0 Å². The Balaban J connectivity index is 4.52. The molecule has 0 aliphatic rings. The maximum Gasteiger partial charge on any atom is 0.305 e. The fourth-order valence-electron chi connectivity index (χ4n) is 1.61. The average molecular weight is 230 g/mol. The molecule has 0 radical (unpaired) electrons. The van der Waals surface area contributed by atoms with Crippen molar-refractivity contribution in [3.8, 4) is 0 Å². The first-order valence-electron chi connectivity index (χ1n) is 5.85. The lowest BCUT2D eigenvalue weighted by Gasteiger charge is -2.31. The third-order valence-electron chi connectivity index (χ3n) is 2.36.